The van der Waals surface area contributed by atoms with Crippen LogP contribution < -0.4 is 16.7 Å². The Bertz CT molecular complexity index is 1370. The van der Waals surface area contributed by atoms with Crippen molar-refractivity contribution in [1.29, 1.82) is 0 Å². The molecule has 0 aliphatic rings. The number of phenols is 1. The predicted octanol–water partition coefficient (Wildman–Crippen LogP) is 1.63. The average molecular weight is 404 g/mol. The summed E-state index contributed by atoms with van der Waals surface area (Å²) in [6.45, 7) is 0.168. The van der Waals surface area contributed by atoms with Gasteiger partial charge in [0.1, 0.15) is 5.75 Å². The number of imidazole rings is 1. The van der Waals surface area contributed by atoms with E-state index in [1.54, 1.807) is 42.9 Å². The first-order chi connectivity index (χ1) is 14.5. The standard InChI is InChI=1S/C21H20N6O3/c1-25-17-18(23-20(25)24-22-12-15-10-6-7-11-16(15)28)26(2)21(30)27(19(17)29)13-14-8-4-3-5-9-14/h3-12,28H,13H2,1-2H3,(H,23,24)/b22-12-. The van der Waals surface area contributed by atoms with Crippen LogP contribution in [0, 0.1) is 0 Å². The minimum absolute atomic E-state index is 0.0965. The van der Waals surface area contributed by atoms with Gasteiger partial charge in [0.25, 0.3) is 5.56 Å². The molecule has 0 radical (unpaired) electrons. The summed E-state index contributed by atoms with van der Waals surface area (Å²) in [6.07, 6.45) is 1.45. The zero-order valence-electron chi connectivity index (χ0n) is 16.5. The van der Waals surface area contributed by atoms with Crippen LogP contribution >= 0.6 is 0 Å². The second-order valence-corrected chi connectivity index (χ2v) is 6.81. The number of nitrogens with one attached hydrogen (secondary N) is 1. The number of benzene rings is 2. The molecule has 0 spiro atoms. The summed E-state index contributed by atoms with van der Waals surface area (Å²) >= 11 is 0. The van der Waals surface area contributed by atoms with Crippen LogP contribution in [0.4, 0.5) is 5.95 Å². The molecule has 0 bridgehead atoms. The molecule has 0 saturated carbocycles. The van der Waals surface area contributed by atoms with Crippen molar-refractivity contribution < 1.29 is 5.11 Å². The Balaban J connectivity index is 1.74. The van der Waals surface area contributed by atoms with E-state index in [0.29, 0.717) is 11.5 Å². The lowest BCUT2D eigenvalue weighted by Gasteiger charge is -2.08. The molecule has 4 rings (SSSR count). The number of fused-ring (bicyclic) bond motifs is 1. The molecule has 0 fully saturated rings. The van der Waals surface area contributed by atoms with Crippen molar-refractivity contribution in [1.82, 2.24) is 18.7 Å². The molecular weight excluding hydrogens is 384 g/mol. The molecule has 0 aliphatic carbocycles. The minimum Gasteiger partial charge on any atom is -0.507 e. The van der Waals surface area contributed by atoms with Crippen molar-refractivity contribution in [3.05, 3.63) is 86.6 Å². The van der Waals surface area contributed by atoms with Gasteiger partial charge in [0.05, 0.1) is 12.8 Å². The highest BCUT2D eigenvalue weighted by Crippen LogP contribution is 2.15. The van der Waals surface area contributed by atoms with Gasteiger partial charge in [-0.15, -0.1) is 0 Å². The monoisotopic (exact) mass is 404 g/mol. The molecule has 4 aromatic rings. The number of aromatic nitrogens is 4. The lowest BCUT2D eigenvalue weighted by molar-refractivity contribution is 0.474. The number of para-hydroxylation sites is 1. The Morgan fingerprint density at radius 2 is 1.73 bits per heavy atom. The van der Waals surface area contributed by atoms with Gasteiger partial charge < -0.3 is 9.67 Å². The molecule has 0 aliphatic heterocycles. The van der Waals surface area contributed by atoms with Gasteiger partial charge in [-0.25, -0.2) is 10.2 Å². The molecule has 9 nitrogen and oxygen atoms in total. The topological polar surface area (TPSA) is 106 Å². The Morgan fingerprint density at radius 3 is 2.47 bits per heavy atom. The number of aromatic hydroxyl groups is 1. The molecular formula is C21H20N6O3. The van der Waals surface area contributed by atoms with Crippen LogP contribution in [0.3, 0.4) is 0 Å². The van der Waals surface area contributed by atoms with Crippen LogP contribution in [0.25, 0.3) is 11.2 Å². The van der Waals surface area contributed by atoms with E-state index in [1.165, 1.54) is 15.3 Å². The fraction of sp³-hybridized carbons (Fsp3) is 0.143. The molecule has 0 saturated heterocycles. The molecule has 0 unspecified atom stereocenters. The summed E-state index contributed by atoms with van der Waals surface area (Å²) in [6, 6.07) is 16.1. The SMILES string of the molecule is Cn1c(N/N=C\c2ccccc2O)nc2c1c(=O)n(Cc1ccccc1)c(=O)n2C. The smallest absolute Gasteiger partial charge is 0.332 e. The number of phenolic OH excluding ortho intramolecular Hbond substituents is 1. The molecule has 2 N–H and O–H groups in total. The molecule has 2 heterocycles. The third kappa shape index (κ3) is 3.37. The van der Waals surface area contributed by atoms with Crippen molar-refractivity contribution in [2.75, 3.05) is 5.43 Å². The van der Waals surface area contributed by atoms with Gasteiger partial charge in [-0.1, -0.05) is 42.5 Å². The van der Waals surface area contributed by atoms with Gasteiger partial charge in [0.2, 0.25) is 5.95 Å². The normalized spacial score (nSPS) is 11.4. The zero-order valence-corrected chi connectivity index (χ0v) is 16.5. The molecule has 9 heteroatoms. The maximum absolute atomic E-state index is 13.1. The van der Waals surface area contributed by atoms with E-state index in [-0.39, 0.29) is 23.5 Å². The largest absolute Gasteiger partial charge is 0.507 e. The lowest BCUT2D eigenvalue weighted by atomic mass is 10.2. The number of nitrogens with zero attached hydrogens (tertiary/aromatic N) is 5. The first-order valence-corrected chi connectivity index (χ1v) is 9.24. The maximum Gasteiger partial charge on any atom is 0.332 e. The van der Waals surface area contributed by atoms with E-state index in [9.17, 15) is 14.7 Å². The van der Waals surface area contributed by atoms with Crippen molar-refractivity contribution in [2.24, 2.45) is 19.2 Å². The molecule has 0 atom stereocenters. The van der Waals surface area contributed by atoms with E-state index in [2.05, 4.69) is 15.5 Å². The van der Waals surface area contributed by atoms with Gasteiger partial charge in [-0.05, 0) is 17.7 Å². The third-order valence-corrected chi connectivity index (χ3v) is 4.85. The number of hydrazone groups is 1. The Labute approximate surface area is 171 Å². The summed E-state index contributed by atoms with van der Waals surface area (Å²) in [5, 5.41) is 13.9. The van der Waals surface area contributed by atoms with E-state index in [0.717, 1.165) is 5.56 Å². The lowest BCUT2D eigenvalue weighted by Crippen LogP contribution is -2.39. The van der Waals surface area contributed by atoms with Crippen LogP contribution in [0.15, 0.2) is 69.3 Å². The molecule has 30 heavy (non-hydrogen) atoms. The van der Waals surface area contributed by atoms with Crippen molar-refractivity contribution in [2.45, 2.75) is 6.54 Å². The van der Waals surface area contributed by atoms with E-state index >= 15 is 0 Å². The van der Waals surface area contributed by atoms with Gasteiger partial charge in [-0.2, -0.15) is 10.1 Å². The number of hydrogen-bond acceptors (Lipinski definition) is 6. The van der Waals surface area contributed by atoms with Crippen LogP contribution in [0.1, 0.15) is 11.1 Å². The highest BCUT2D eigenvalue weighted by molar-refractivity contribution is 5.83. The molecule has 152 valence electrons. The molecule has 0 amide bonds. The quantitative estimate of drug-likeness (QED) is 0.388. The number of rotatable bonds is 5. The summed E-state index contributed by atoms with van der Waals surface area (Å²) < 4.78 is 4.09. The number of anilines is 1. The van der Waals surface area contributed by atoms with Crippen molar-refractivity contribution in [3.63, 3.8) is 0 Å². The van der Waals surface area contributed by atoms with Gasteiger partial charge in [0.15, 0.2) is 11.2 Å². The molecule has 2 aromatic heterocycles. The number of aryl methyl sites for hydroxylation is 2. The summed E-state index contributed by atoms with van der Waals surface area (Å²) in [7, 11) is 3.25. The summed E-state index contributed by atoms with van der Waals surface area (Å²) in [5.74, 6) is 0.389. The van der Waals surface area contributed by atoms with Crippen LogP contribution in [0.2, 0.25) is 0 Å². The predicted molar refractivity (Wildman–Crippen MR) is 115 cm³/mol. The summed E-state index contributed by atoms with van der Waals surface area (Å²) in [5.41, 5.74) is 3.82. The first-order valence-electron chi connectivity index (χ1n) is 9.24. The Morgan fingerprint density at radius 1 is 1.03 bits per heavy atom. The van der Waals surface area contributed by atoms with Crippen LogP contribution in [-0.4, -0.2) is 30.0 Å². The van der Waals surface area contributed by atoms with Gasteiger partial charge in [0, 0.05) is 19.7 Å². The second-order valence-electron chi connectivity index (χ2n) is 6.81. The van der Waals surface area contributed by atoms with E-state index < -0.39 is 11.2 Å². The third-order valence-electron chi connectivity index (χ3n) is 4.85. The van der Waals surface area contributed by atoms with E-state index in [1.807, 2.05) is 30.3 Å². The van der Waals surface area contributed by atoms with Gasteiger partial charge in [-0.3, -0.25) is 13.9 Å². The molecule has 2 aromatic carbocycles. The fourth-order valence-electron chi connectivity index (χ4n) is 3.21. The first kappa shape index (κ1) is 19.2. The Hall–Kier alpha value is -4.14. The maximum atomic E-state index is 13.1. The number of hydrogen-bond donors (Lipinski definition) is 2. The zero-order chi connectivity index (χ0) is 21.3. The highest BCUT2D eigenvalue weighted by atomic mass is 16.3. The van der Waals surface area contributed by atoms with Crippen LogP contribution in [0.5, 0.6) is 5.75 Å². The highest BCUT2D eigenvalue weighted by Gasteiger charge is 2.18. The second kappa shape index (κ2) is 7.70. The van der Waals surface area contributed by atoms with Crippen molar-refractivity contribution >= 4 is 23.3 Å². The van der Waals surface area contributed by atoms with Gasteiger partial charge >= 0.3 is 5.69 Å². The Kier molecular flexibility index (Phi) is 4.93. The fourth-order valence-corrected chi connectivity index (χ4v) is 3.21. The summed E-state index contributed by atoms with van der Waals surface area (Å²) in [4.78, 5) is 30.2. The van der Waals surface area contributed by atoms with E-state index in [4.69, 9.17) is 0 Å². The van der Waals surface area contributed by atoms with Crippen molar-refractivity contribution in [3.8, 4) is 5.75 Å². The van der Waals surface area contributed by atoms with Crippen LogP contribution in [-0.2, 0) is 20.6 Å². The minimum atomic E-state index is -0.446. The average Bonchev–Trinajstić information content (AvgIpc) is 3.08.